The fraction of sp³-hybridized carbons (Fsp3) is 0.654. The highest BCUT2D eigenvalue weighted by Gasteiger charge is 2.48. The van der Waals surface area contributed by atoms with E-state index < -0.39 is 6.43 Å². The van der Waals surface area contributed by atoms with Gasteiger partial charge in [-0.3, -0.25) is 4.72 Å². The van der Waals surface area contributed by atoms with Crippen LogP contribution in [0.1, 0.15) is 75.4 Å². The average molecular weight is 562 g/mol. The number of nitrogens with two attached hydrogens (primary N) is 1. The van der Waals surface area contributed by atoms with Gasteiger partial charge >= 0.3 is 0 Å². The van der Waals surface area contributed by atoms with Crippen molar-refractivity contribution in [3.8, 4) is 10.6 Å². The molecule has 38 heavy (non-hydrogen) atoms. The summed E-state index contributed by atoms with van der Waals surface area (Å²) in [5.41, 5.74) is 9.48. The number of piperidine rings is 1. The lowest BCUT2D eigenvalue weighted by Gasteiger charge is -2.42. The molecule has 2 aliphatic heterocycles. The van der Waals surface area contributed by atoms with Gasteiger partial charge < -0.3 is 15.4 Å². The number of alkyl halides is 2. The molecule has 2 atom stereocenters. The van der Waals surface area contributed by atoms with E-state index in [4.69, 9.17) is 15.6 Å². The van der Waals surface area contributed by atoms with Crippen molar-refractivity contribution in [2.75, 3.05) is 24.6 Å². The number of nitrogens with one attached hydrogen (secondary N) is 1. The van der Waals surface area contributed by atoms with E-state index in [2.05, 4.69) is 45.8 Å². The fourth-order valence-electron chi connectivity index (χ4n) is 5.82. The maximum absolute atomic E-state index is 13.4. The van der Waals surface area contributed by atoms with Gasteiger partial charge in [0.15, 0.2) is 10.0 Å². The Morgan fingerprint density at radius 2 is 1.95 bits per heavy atom. The number of hydrogen-bond acceptors (Lipinski definition) is 9. The van der Waals surface area contributed by atoms with E-state index in [9.17, 15) is 8.78 Å². The maximum atomic E-state index is 13.4. The van der Waals surface area contributed by atoms with Crippen LogP contribution >= 0.6 is 23.3 Å². The highest BCUT2D eigenvalue weighted by molar-refractivity contribution is 7.97. The van der Waals surface area contributed by atoms with Gasteiger partial charge in [0, 0.05) is 40.9 Å². The van der Waals surface area contributed by atoms with Gasteiger partial charge in [0.1, 0.15) is 5.82 Å². The van der Waals surface area contributed by atoms with Crippen LogP contribution in [-0.4, -0.2) is 57.2 Å². The van der Waals surface area contributed by atoms with Crippen LogP contribution in [0, 0.1) is 5.41 Å². The molecule has 4 aliphatic rings. The van der Waals surface area contributed by atoms with Crippen LogP contribution in [0.4, 0.5) is 14.6 Å². The minimum Gasteiger partial charge on any atom is -0.376 e. The van der Waals surface area contributed by atoms with Crippen LogP contribution in [0.25, 0.3) is 16.1 Å². The Bertz CT molecular complexity index is 1360. The summed E-state index contributed by atoms with van der Waals surface area (Å²) in [7, 11) is 0. The number of pyridine rings is 1. The summed E-state index contributed by atoms with van der Waals surface area (Å²) in [4.78, 5) is 3.48. The molecule has 204 valence electrons. The molecule has 7 rings (SSSR count). The number of nitrogens with zero attached hydrogens (tertiary/aromatic N) is 5. The minimum absolute atomic E-state index is 0.0240. The molecule has 0 unspecified atom stereocenters. The first-order valence-corrected chi connectivity index (χ1v) is 15.1. The second-order valence-electron chi connectivity index (χ2n) is 11.8. The van der Waals surface area contributed by atoms with Gasteiger partial charge in [-0.1, -0.05) is 11.3 Å². The van der Waals surface area contributed by atoms with Crippen LogP contribution in [0.5, 0.6) is 0 Å². The molecular weight excluding hydrogens is 528 g/mol. The Morgan fingerprint density at radius 3 is 2.55 bits per heavy atom. The van der Waals surface area contributed by atoms with Crippen LogP contribution < -0.4 is 15.4 Å². The van der Waals surface area contributed by atoms with E-state index in [-0.39, 0.29) is 28.1 Å². The summed E-state index contributed by atoms with van der Waals surface area (Å²) in [6.07, 6.45) is 3.81. The number of anilines is 1. The van der Waals surface area contributed by atoms with Gasteiger partial charge in [-0.25, -0.2) is 13.3 Å². The predicted molar refractivity (Wildman–Crippen MR) is 145 cm³/mol. The lowest BCUT2D eigenvalue weighted by molar-refractivity contribution is 0.0974. The zero-order valence-electron chi connectivity index (χ0n) is 21.6. The minimum atomic E-state index is -2.63. The Morgan fingerprint density at radius 1 is 1.18 bits per heavy atom. The van der Waals surface area contributed by atoms with Crippen molar-refractivity contribution < 1.29 is 13.5 Å². The largest absolute Gasteiger partial charge is 0.376 e. The van der Waals surface area contributed by atoms with E-state index >= 15 is 0 Å². The van der Waals surface area contributed by atoms with Gasteiger partial charge in [-0.2, -0.15) is 5.10 Å². The van der Waals surface area contributed by atoms with E-state index in [1.807, 2.05) is 4.52 Å². The first kappa shape index (κ1) is 25.1. The Hall–Kier alpha value is -1.86. The molecule has 0 radical (unpaired) electrons. The van der Waals surface area contributed by atoms with Crippen molar-refractivity contribution >= 4 is 34.6 Å². The summed E-state index contributed by atoms with van der Waals surface area (Å²) in [5.74, 6) is 1.35. The van der Waals surface area contributed by atoms with E-state index in [1.165, 1.54) is 0 Å². The molecule has 3 aromatic rings. The summed E-state index contributed by atoms with van der Waals surface area (Å²) in [5, 5.41) is 13.4. The summed E-state index contributed by atoms with van der Waals surface area (Å²) in [6, 6.07) is 4.38. The first-order valence-electron chi connectivity index (χ1n) is 13.5. The van der Waals surface area contributed by atoms with E-state index in [0.717, 1.165) is 97.0 Å². The number of rotatable bonds is 7. The van der Waals surface area contributed by atoms with Crippen molar-refractivity contribution in [3.63, 3.8) is 0 Å². The molecule has 4 fully saturated rings. The zero-order valence-corrected chi connectivity index (χ0v) is 23.3. The molecule has 12 heteroatoms. The molecule has 2 aliphatic carbocycles. The zero-order chi connectivity index (χ0) is 26.2. The number of hydrogen-bond donors (Lipinski definition) is 2. The molecule has 1 spiro atoms. The standard InChI is InChI=1S/C26H33F2N7OS2/c1-14-21(29)26(13-36-14)7-9-34(10-8-26)18-12-16(38-33-25(2)5-6-25)11-17-19(20(15-3-4-15)32-35(17)18)23-30-31-24(37-23)22(27)28/h11-12,14-15,21-22,33H,3-10,13,29H2,1-2H3/t14-,21-/m0/s1. The summed E-state index contributed by atoms with van der Waals surface area (Å²) >= 11 is 2.61. The molecule has 2 saturated heterocycles. The molecule has 8 nitrogen and oxygen atoms in total. The molecule has 2 saturated carbocycles. The molecule has 0 bridgehead atoms. The van der Waals surface area contributed by atoms with Crippen LogP contribution in [0.2, 0.25) is 0 Å². The maximum Gasteiger partial charge on any atom is 0.291 e. The highest BCUT2D eigenvalue weighted by atomic mass is 32.2. The summed E-state index contributed by atoms with van der Waals surface area (Å²) in [6.45, 7) is 6.75. The average Bonchev–Trinajstić information content (AvgIpc) is 3.78. The second-order valence-corrected chi connectivity index (χ2v) is 13.7. The van der Waals surface area contributed by atoms with Crippen LogP contribution in [-0.2, 0) is 4.74 Å². The third-order valence-corrected chi connectivity index (χ3v) is 10.9. The first-order chi connectivity index (χ1) is 18.3. The van der Waals surface area contributed by atoms with Gasteiger partial charge in [-0.05, 0) is 76.5 Å². The Labute approximate surface area is 228 Å². The van der Waals surface area contributed by atoms with Crippen LogP contribution in [0.15, 0.2) is 17.0 Å². The van der Waals surface area contributed by atoms with Crippen LogP contribution in [0.3, 0.4) is 0 Å². The van der Waals surface area contributed by atoms with Crippen molar-refractivity contribution in [2.24, 2.45) is 11.1 Å². The predicted octanol–water partition coefficient (Wildman–Crippen LogP) is 5.15. The molecule has 0 amide bonds. The number of ether oxygens (including phenoxy) is 1. The number of aromatic nitrogens is 4. The Balaban J connectivity index is 1.30. The van der Waals surface area contributed by atoms with Crippen molar-refractivity contribution in [1.29, 1.82) is 0 Å². The van der Waals surface area contributed by atoms with Gasteiger partial charge in [-0.15, -0.1) is 10.2 Å². The second kappa shape index (κ2) is 9.09. The molecule has 3 aromatic heterocycles. The van der Waals surface area contributed by atoms with Gasteiger partial charge in [0.2, 0.25) is 0 Å². The topological polar surface area (TPSA) is 93.6 Å². The fourth-order valence-corrected chi connectivity index (χ4v) is 7.48. The third-order valence-electron chi connectivity index (χ3n) is 8.87. The quantitative estimate of drug-likeness (QED) is 0.383. The number of halogens is 2. The van der Waals surface area contributed by atoms with Gasteiger partial charge in [0.05, 0.1) is 29.5 Å². The lowest BCUT2D eigenvalue weighted by Crippen LogP contribution is -2.50. The number of fused-ring (bicyclic) bond motifs is 1. The highest BCUT2D eigenvalue weighted by Crippen LogP contribution is 2.48. The molecule has 0 aromatic carbocycles. The van der Waals surface area contributed by atoms with E-state index in [0.29, 0.717) is 10.9 Å². The van der Waals surface area contributed by atoms with Crippen molar-refractivity contribution in [3.05, 3.63) is 22.8 Å². The van der Waals surface area contributed by atoms with Gasteiger partial charge in [0.25, 0.3) is 6.43 Å². The molecule has 3 N–H and O–H groups in total. The third kappa shape index (κ3) is 4.32. The monoisotopic (exact) mass is 561 g/mol. The summed E-state index contributed by atoms with van der Waals surface area (Å²) < 4.78 is 38.4. The molecular formula is C26H33F2N7OS2. The lowest BCUT2D eigenvalue weighted by atomic mass is 9.73. The Kier molecular flexibility index (Phi) is 6.01. The van der Waals surface area contributed by atoms with Crippen molar-refractivity contribution in [1.82, 2.24) is 24.5 Å². The molecule has 5 heterocycles. The van der Waals surface area contributed by atoms with Crippen molar-refractivity contribution in [2.45, 2.75) is 87.3 Å². The normalized spacial score (nSPS) is 26.2. The smallest absolute Gasteiger partial charge is 0.291 e. The van der Waals surface area contributed by atoms with E-state index in [1.54, 1.807) is 11.9 Å². The SMILES string of the molecule is C[C@@H]1OCC2(CCN(c3cc(SNC4(C)CC4)cc4c(-c5nnc(C(F)F)s5)c(C5CC5)nn34)CC2)[C@H]1N.